The van der Waals surface area contributed by atoms with E-state index in [9.17, 15) is 13.2 Å². The quantitative estimate of drug-likeness (QED) is 0.393. The van der Waals surface area contributed by atoms with Crippen LogP contribution in [0.15, 0.2) is 34.3 Å². The van der Waals surface area contributed by atoms with Crippen molar-refractivity contribution in [2.75, 3.05) is 24.7 Å². The third kappa shape index (κ3) is 5.73. The van der Waals surface area contributed by atoms with Gasteiger partial charge in [-0.05, 0) is 25.5 Å². The minimum Gasteiger partial charge on any atom is -0.353 e. The van der Waals surface area contributed by atoms with Crippen LogP contribution in [-0.2, 0) is 14.8 Å². The summed E-state index contributed by atoms with van der Waals surface area (Å²) in [6, 6.07) is 6.57. The molecule has 1 amide bonds. The SMILES string of the molecule is CCC[C@H](C)NC(=O)CSc1nnc(-c2cccc(S(=O)(=O)N(CC)CC)c2)n1N. The van der Waals surface area contributed by atoms with Crippen LogP contribution in [0.5, 0.6) is 0 Å². The molecule has 0 radical (unpaired) electrons. The van der Waals surface area contributed by atoms with E-state index in [1.807, 2.05) is 6.92 Å². The predicted octanol–water partition coefficient (Wildman–Crippen LogP) is 2.09. The minimum atomic E-state index is -3.60. The fourth-order valence-corrected chi connectivity index (χ4v) is 5.20. The number of hydrogen-bond acceptors (Lipinski definition) is 7. The van der Waals surface area contributed by atoms with Crippen molar-refractivity contribution in [2.45, 2.75) is 56.6 Å². The maximum Gasteiger partial charge on any atom is 0.243 e. The lowest BCUT2D eigenvalue weighted by atomic mass is 10.2. The number of sulfonamides is 1. The number of nitrogens with one attached hydrogen (secondary N) is 1. The van der Waals surface area contributed by atoms with E-state index >= 15 is 0 Å². The zero-order valence-corrected chi connectivity index (χ0v) is 19.5. The standard InChI is InChI=1S/C19H30N6O3S2/c1-5-9-14(4)21-17(26)13-29-19-23-22-18(25(19)20)15-10-8-11-16(12-15)30(27,28)24(6-2)7-3/h8,10-12,14H,5-7,9,13,20H2,1-4H3,(H,21,26)/t14-/m0/s1. The molecular formula is C19H30N6O3S2. The van der Waals surface area contributed by atoms with Crippen molar-refractivity contribution in [3.05, 3.63) is 24.3 Å². The molecule has 0 aliphatic rings. The number of carbonyl (C=O) groups is 1. The van der Waals surface area contributed by atoms with Crippen LogP contribution in [0.25, 0.3) is 11.4 Å². The van der Waals surface area contributed by atoms with Crippen molar-refractivity contribution in [1.29, 1.82) is 0 Å². The predicted molar refractivity (Wildman–Crippen MR) is 119 cm³/mol. The molecule has 11 heteroatoms. The molecule has 0 bridgehead atoms. The number of nitrogen functional groups attached to an aromatic ring is 1. The molecule has 0 saturated carbocycles. The van der Waals surface area contributed by atoms with Gasteiger partial charge in [-0.1, -0.05) is 51.1 Å². The molecule has 166 valence electrons. The van der Waals surface area contributed by atoms with Gasteiger partial charge in [0.2, 0.25) is 21.1 Å². The first-order chi connectivity index (χ1) is 14.2. The Morgan fingerprint density at radius 1 is 1.27 bits per heavy atom. The van der Waals surface area contributed by atoms with E-state index in [4.69, 9.17) is 5.84 Å². The Labute approximate surface area is 182 Å². The molecule has 0 spiro atoms. The van der Waals surface area contributed by atoms with E-state index in [2.05, 4.69) is 22.4 Å². The lowest BCUT2D eigenvalue weighted by Crippen LogP contribution is -2.33. The highest BCUT2D eigenvalue weighted by Crippen LogP contribution is 2.25. The zero-order valence-electron chi connectivity index (χ0n) is 17.8. The first-order valence-electron chi connectivity index (χ1n) is 9.97. The Kier molecular flexibility index (Phi) is 8.68. The molecule has 0 aliphatic carbocycles. The molecule has 30 heavy (non-hydrogen) atoms. The van der Waals surface area contributed by atoms with Crippen LogP contribution in [0, 0.1) is 0 Å². The van der Waals surface area contributed by atoms with E-state index in [1.54, 1.807) is 32.0 Å². The molecule has 1 heterocycles. The van der Waals surface area contributed by atoms with Crippen LogP contribution in [0.2, 0.25) is 0 Å². The Balaban J connectivity index is 2.17. The number of carbonyl (C=O) groups excluding carboxylic acids is 1. The van der Waals surface area contributed by atoms with Crippen LogP contribution in [0.3, 0.4) is 0 Å². The summed E-state index contributed by atoms with van der Waals surface area (Å²) in [4.78, 5) is 12.2. The summed E-state index contributed by atoms with van der Waals surface area (Å²) in [5, 5.41) is 11.4. The summed E-state index contributed by atoms with van der Waals surface area (Å²) in [5.74, 6) is 6.52. The number of amides is 1. The van der Waals surface area contributed by atoms with Crippen molar-refractivity contribution in [2.24, 2.45) is 0 Å². The molecule has 1 aromatic heterocycles. The van der Waals surface area contributed by atoms with Gasteiger partial charge in [0.25, 0.3) is 0 Å². The second kappa shape index (κ2) is 10.8. The average molecular weight is 455 g/mol. The monoisotopic (exact) mass is 454 g/mol. The fraction of sp³-hybridized carbons (Fsp3) is 0.526. The van der Waals surface area contributed by atoms with Gasteiger partial charge < -0.3 is 11.2 Å². The van der Waals surface area contributed by atoms with Gasteiger partial charge in [0.1, 0.15) is 0 Å². The molecule has 2 aromatic rings. The average Bonchev–Trinajstić information content (AvgIpc) is 3.08. The van der Waals surface area contributed by atoms with Crippen LogP contribution in [0.4, 0.5) is 0 Å². The molecule has 1 aromatic carbocycles. The highest BCUT2D eigenvalue weighted by atomic mass is 32.2. The number of nitrogens with zero attached hydrogens (tertiary/aromatic N) is 4. The molecule has 0 saturated heterocycles. The topological polar surface area (TPSA) is 123 Å². The number of hydrogen-bond donors (Lipinski definition) is 2. The van der Waals surface area contributed by atoms with Crippen molar-refractivity contribution in [1.82, 2.24) is 24.5 Å². The van der Waals surface area contributed by atoms with E-state index in [0.29, 0.717) is 29.6 Å². The van der Waals surface area contributed by atoms with Gasteiger partial charge in [0.15, 0.2) is 5.82 Å². The smallest absolute Gasteiger partial charge is 0.243 e. The minimum absolute atomic E-state index is 0.0992. The van der Waals surface area contributed by atoms with Gasteiger partial charge >= 0.3 is 0 Å². The fourth-order valence-electron chi connectivity index (χ4n) is 3.03. The van der Waals surface area contributed by atoms with Crippen molar-refractivity contribution in [3.63, 3.8) is 0 Å². The van der Waals surface area contributed by atoms with E-state index in [1.165, 1.54) is 26.8 Å². The molecule has 1 atom stereocenters. The molecule has 3 N–H and O–H groups in total. The molecule has 0 fully saturated rings. The van der Waals surface area contributed by atoms with Crippen LogP contribution in [0.1, 0.15) is 40.5 Å². The van der Waals surface area contributed by atoms with Gasteiger partial charge in [-0.3, -0.25) is 4.79 Å². The Morgan fingerprint density at radius 2 is 1.97 bits per heavy atom. The van der Waals surface area contributed by atoms with Crippen molar-refractivity contribution >= 4 is 27.7 Å². The van der Waals surface area contributed by atoms with Gasteiger partial charge in [0, 0.05) is 24.7 Å². The van der Waals surface area contributed by atoms with Crippen molar-refractivity contribution in [3.8, 4) is 11.4 Å². The third-order valence-corrected chi connectivity index (χ3v) is 7.55. The maximum atomic E-state index is 12.8. The van der Waals surface area contributed by atoms with E-state index in [0.717, 1.165) is 12.8 Å². The van der Waals surface area contributed by atoms with Gasteiger partial charge in [-0.15, -0.1) is 10.2 Å². The Bertz CT molecular complexity index is 957. The summed E-state index contributed by atoms with van der Waals surface area (Å²) >= 11 is 1.18. The molecule has 9 nitrogen and oxygen atoms in total. The Hall–Kier alpha value is -2.11. The van der Waals surface area contributed by atoms with Gasteiger partial charge in [0.05, 0.1) is 10.6 Å². The second-order valence-electron chi connectivity index (χ2n) is 6.84. The second-order valence-corrected chi connectivity index (χ2v) is 9.72. The van der Waals surface area contributed by atoms with Gasteiger partial charge in [-0.25, -0.2) is 13.1 Å². The van der Waals surface area contributed by atoms with E-state index < -0.39 is 10.0 Å². The lowest BCUT2D eigenvalue weighted by Gasteiger charge is -2.18. The molecule has 2 rings (SSSR count). The summed E-state index contributed by atoms with van der Waals surface area (Å²) in [6.07, 6.45) is 1.92. The lowest BCUT2D eigenvalue weighted by molar-refractivity contribution is -0.119. The normalized spacial score (nSPS) is 12.8. The molecule has 0 unspecified atom stereocenters. The number of aromatic nitrogens is 3. The first-order valence-corrected chi connectivity index (χ1v) is 12.4. The summed E-state index contributed by atoms with van der Waals surface area (Å²) in [5.41, 5.74) is 0.533. The summed E-state index contributed by atoms with van der Waals surface area (Å²) in [7, 11) is -3.60. The molecular weight excluding hydrogens is 424 g/mol. The van der Waals surface area contributed by atoms with E-state index in [-0.39, 0.29) is 22.6 Å². The molecule has 0 aliphatic heterocycles. The highest BCUT2D eigenvalue weighted by Gasteiger charge is 2.23. The number of thioether (sulfide) groups is 1. The van der Waals surface area contributed by atoms with Crippen LogP contribution < -0.4 is 11.2 Å². The van der Waals surface area contributed by atoms with Crippen LogP contribution >= 0.6 is 11.8 Å². The van der Waals surface area contributed by atoms with Crippen molar-refractivity contribution < 1.29 is 13.2 Å². The number of nitrogens with two attached hydrogens (primary N) is 1. The highest BCUT2D eigenvalue weighted by molar-refractivity contribution is 7.99. The number of rotatable bonds is 11. The Morgan fingerprint density at radius 3 is 2.60 bits per heavy atom. The largest absolute Gasteiger partial charge is 0.353 e. The summed E-state index contributed by atoms with van der Waals surface area (Å²) < 4.78 is 28.2. The maximum absolute atomic E-state index is 12.8. The summed E-state index contributed by atoms with van der Waals surface area (Å²) in [6.45, 7) is 8.40. The zero-order chi connectivity index (χ0) is 22.3. The van der Waals surface area contributed by atoms with Crippen LogP contribution in [-0.4, -0.2) is 58.4 Å². The van der Waals surface area contributed by atoms with Gasteiger partial charge in [-0.2, -0.15) is 4.31 Å². The third-order valence-electron chi connectivity index (χ3n) is 4.56. The first kappa shape index (κ1) is 24.2. The number of benzene rings is 1.